The van der Waals surface area contributed by atoms with E-state index >= 15 is 0 Å². The van der Waals surface area contributed by atoms with Crippen LogP contribution in [0.25, 0.3) is 0 Å². The van der Waals surface area contributed by atoms with E-state index in [9.17, 15) is 13.2 Å². The summed E-state index contributed by atoms with van der Waals surface area (Å²) < 4.78 is 37.7. The first-order valence-corrected chi connectivity index (χ1v) is 7.34. The zero-order valence-corrected chi connectivity index (χ0v) is 13.3. The summed E-state index contributed by atoms with van der Waals surface area (Å²) in [7, 11) is 1.47. The van der Waals surface area contributed by atoms with Crippen LogP contribution in [0.1, 0.15) is 24.5 Å². The van der Waals surface area contributed by atoms with Crippen LogP contribution in [0.4, 0.5) is 13.2 Å². The Kier molecular flexibility index (Phi) is 6.99. The molecular formula is C14H20BrF3N2. The number of nitrogens with one attached hydrogen (secondary N) is 1. The lowest BCUT2D eigenvalue weighted by Crippen LogP contribution is -2.30. The van der Waals surface area contributed by atoms with Gasteiger partial charge < -0.3 is 5.32 Å². The van der Waals surface area contributed by atoms with Crippen LogP contribution in [-0.2, 0) is 13.1 Å². The molecule has 0 atom stereocenters. The maximum Gasteiger partial charge on any atom is 0.401 e. The molecule has 1 rings (SSSR count). The lowest BCUT2D eigenvalue weighted by atomic mass is 10.1. The predicted molar refractivity (Wildman–Crippen MR) is 78.5 cm³/mol. The Hall–Kier alpha value is -0.590. The SMILES string of the molecule is CCCNCc1ccc(CN(C)CC(F)(F)F)c(Br)c1. The van der Waals surface area contributed by atoms with E-state index in [4.69, 9.17) is 0 Å². The van der Waals surface area contributed by atoms with Gasteiger partial charge in [0.1, 0.15) is 0 Å². The number of alkyl halides is 3. The highest BCUT2D eigenvalue weighted by Crippen LogP contribution is 2.22. The van der Waals surface area contributed by atoms with Gasteiger partial charge in [0.2, 0.25) is 0 Å². The van der Waals surface area contributed by atoms with Crippen LogP contribution in [0, 0.1) is 0 Å². The normalized spacial score (nSPS) is 12.2. The first kappa shape index (κ1) is 17.5. The van der Waals surface area contributed by atoms with Crippen molar-refractivity contribution in [3.8, 4) is 0 Å². The molecule has 0 aliphatic rings. The van der Waals surface area contributed by atoms with Gasteiger partial charge in [-0.1, -0.05) is 35.0 Å². The number of hydrogen-bond donors (Lipinski definition) is 1. The van der Waals surface area contributed by atoms with Gasteiger partial charge in [0.25, 0.3) is 0 Å². The average Bonchev–Trinajstić information content (AvgIpc) is 2.30. The molecule has 0 bridgehead atoms. The van der Waals surface area contributed by atoms with Crippen LogP contribution >= 0.6 is 15.9 Å². The number of nitrogens with zero attached hydrogens (tertiary/aromatic N) is 1. The minimum absolute atomic E-state index is 0.267. The third-order valence-electron chi connectivity index (χ3n) is 2.76. The van der Waals surface area contributed by atoms with Gasteiger partial charge in [-0.2, -0.15) is 13.2 Å². The van der Waals surface area contributed by atoms with E-state index in [1.807, 2.05) is 18.2 Å². The summed E-state index contributed by atoms with van der Waals surface area (Å²) in [6.07, 6.45) is -3.09. The van der Waals surface area contributed by atoms with Crippen LogP contribution in [0.3, 0.4) is 0 Å². The Morgan fingerprint density at radius 3 is 2.55 bits per heavy atom. The van der Waals surface area contributed by atoms with Crippen molar-refractivity contribution < 1.29 is 13.2 Å². The van der Waals surface area contributed by atoms with Crippen molar-refractivity contribution in [2.45, 2.75) is 32.6 Å². The van der Waals surface area contributed by atoms with E-state index in [1.54, 1.807) is 0 Å². The molecule has 20 heavy (non-hydrogen) atoms. The second-order valence-electron chi connectivity index (χ2n) is 4.89. The fourth-order valence-corrected chi connectivity index (χ4v) is 2.44. The fraction of sp³-hybridized carbons (Fsp3) is 0.571. The van der Waals surface area contributed by atoms with E-state index in [0.29, 0.717) is 0 Å². The summed E-state index contributed by atoms with van der Waals surface area (Å²) in [5.74, 6) is 0. The molecule has 0 fully saturated rings. The number of benzene rings is 1. The van der Waals surface area contributed by atoms with Crippen molar-refractivity contribution >= 4 is 15.9 Å². The second-order valence-corrected chi connectivity index (χ2v) is 5.74. The summed E-state index contributed by atoms with van der Waals surface area (Å²) in [4.78, 5) is 1.26. The second kappa shape index (κ2) is 8.00. The Labute approximate surface area is 126 Å². The highest BCUT2D eigenvalue weighted by molar-refractivity contribution is 9.10. The Morgan fingerprint density at radius 2 is 2.00 bits per heavy atom. The van der Waals surface area contributed by atoms with Gasteiger partial charge in [-0.3, -0.25) is 4.90 Å². The number of hydrogen-bond acceptors (Lipinski definition) is 2. The molecule has 1 aromatic rings. The fourth-order valence-electron chi connectivity index (χ4n) is 1.89. The molecule has 0 aliphatic heterocycles. The maximum atomic E-state index is 12.3. The van der Waals surface area contributed by atoms with E-state index < -0.39 is 12.7 Å². The van der Waals surface area contributed by atoms with Crippen molar-refractivity contribution in [2.75, 3.05) is 20.1 Å². The molecular weight excluding hydrogens is 333 g/mol. The molecule has 0 saturated heterocycles. The third-order valence-corrected chi connectivity index (χ3v) is 3.50. The molecule has 0 aromatic heterocycles. The lowest BCUT2D eigenvalue weighted by Gasteiger charge is -2.19. The molecule has 1 aromatic carbocycles. The van der Waals surface area contributed by atoms with Crippen molar-refractivity contribution in [2.24, 2.45) is 0 Å². The van der Waals surface area contributed by atoms with Gasteiger partial charge >= 0.3 is 6.18 Å². The van der Waals surface area contributed by atoms with Crippen molar-refractivity contribution in [3.63, 3.8) is 0 Å². The molecule has 0 radical (unpaired) electrons. The molecule has 0 heterocycles. The zero-order valence-electron chi connectivity index (χ0n) is 11.7. The van der Waals surface area contributed by atoms with Gasteiger partial charge in [-0.15, -0.1) is 0 Å². The monoisotopic (exact) mass is 352 g/mol. The molecule has 114 valence electrons. The largest absolute Gasteiger partial charge is 0.401 e. The van der Waals surface area contributed by atoms with Gasteiger partial charge in [-0.05, 0) is 37.2 Å². The minimum atomic E-state index is -4.16. The predicted octanol–water partition coefficient (Wildman–Crippen LogP) is 3.94. The standard InChI is InChI=1S/C14H20BrF3N2/c1-3-6-19-8-11-4-5-12(13(15)7-11)9-20(2)10-14(16,17)18/h4-5,7,19H,3,6,8-10H2,1-2H3. The molecule has 1 N–H and O–H groups in total. The van der Waals surface area contributed by atoms with E-state index in [0.717, 1.165) is 35.1 Å². The molecule has 0 saturated carbocycles. The van der Waals surface area contributed by atoms with E-state index in [2.05, 4.69) is 28.2 Å². The highest BCUT2D eigenvalue weighted by atomic mass is 79.9. The molecule has 0 amide bonds. The van der Waals surface area contributed by atoms with E-state index in [1.165, 1.54) is 11.9 Å². The number of halogens is 4. The van der Waals surface area contributed by atoms with Gasteiger partial charge in [-0.25, -0.2) is 0 Å². The quantitative estimate of drug-likeness (QED) is 0.747. The molecule has 0 aliphatic carbocycles. The Bertz CT molecular complexity index is 421. The highest BCUT2D eigenvalue weighted by Gasteiger charge is 2.29. The first-order valence-electron chi connectivity index (χ1n) is 6.55. The van der Waals surface area contributed by atoms with Crippen molar-refractivity contribution in [3.05, 3.63) is 33.8 Å². The maximum absolute atomic E-state index is 12.3. The summed E-state index contributed by atoms with van der Waals surface area (Å²) >= 11 is 3.43. The summed E-state index contributed by atoms with van der Waals surface area (Å²) in [6.45, 7) is 3.18. The third kappa shape index (κ3) is 6.72. The zero-order chi connectivity index (χ0) is 15.2. The van der Waals surface area contributed by atoms with Gasteiger partial charge in [0.05, 0.1) is 6.54 Å². The Balaban J connectivity index is 2.59. The lowest BCUT2D eigenvalue weighted by molar-refractivity contribution is -0.144. The molecule has 2 nitrogen and oxygen atoms in total. The Morgan fingerprint density at radius 1 is 1.30 bits per heavy atom. The first-order chi connectivity index (χ1) is 9.31. The van der Waals surface area contributed by atoms with Crippen LogP contribution in [-0.4, -0.2) is 31.2 Å². The smallest absolute Gasteiger partial charge is 0.313 e. The van der Waals surface area contributed by atoms with Crippen LogP contribution in [0.15, 0.2) is 22.7 Å². The summed E-state index contributed by atoms with van der Waals surface area (Å²) in [5.41, 5.74) is 1.98. The number of rotatable bonds is 7. The molecule has 0 unspecified atom stereocenters. The average molecular weight is 353 g/mol. The molecule has 0 spiro atoms. The van der Waals surface area contributed by atoms with Gasteiger partial charge in [0, 0.05) is 17.6 Å². The summed E-state index contributed by atoms with van der Waals surface area (Å²) in [5, 5.41) is 3.29. The van der Waals surface area contributed by atoms with E-state index in [-0.39, 0.29) is 6.54 Å². The minimum Gasteiger partial charge on any atom is -0.313 e. The summed E-state index contributed by atoms with van der Waals surface area (Å²) in [6, 6.07) is 5.78. The van der Waals surface area contributed by atoms with Crippen molar-refractivity contribution in [1.29, 1.82) is 0 Å². The van der Waals surface area contributed by atoms with Crippen molar-refractivity contribution in [1.82, 2.24) is 10.2 Å². The molecule has 6 heteroatoms. The topological polar surface area (TPSA) is 15.3 Å². The van der Waals surface area contributed by atoms with Gasteiger partial charge in [0.15, 0.2) is 0 Å². The van der Waals surface area contributed by atoms with Crippen LogP contribution in [0.2, 0.25) is 0 Å². The van der Waals surface area contributed by atoms with Crippen LogP contribution in [0.5, 0.6) is 0 Å². The van der Waals surface area contributed by atoms with Crippen LogP contribution < -0.4 is 5.32 Å².